The number of aromatic nitrogens is 3. The first-order valence-corrected chi connectivity index (χ1v) is 9.73. The molecule has 6 nitrogen and oxygen atoms in total. The summed E-state index contributed by atoms with van der Waals surface area (Å²) >= 11 is 0. The lowest BCUT2D eigenvalue weighted by atomic mass is 9.60. The van der Waals surface area contributed by atoms with Gasteiger partial charge in [-0.05, 0) is 37.1 Å². The van der Waals surface area contributed by atoms with Gasteiger partial charge in [0.15, 0.2) is 0 Å². The van der Waals surface area contributed by atoms with E-state index in [9.17, 15) is 18.0 Å². The van der Waals surface area contributed by atoms with Crippen LogP contribution in [0.1, 0.15) is 28.8 Å². The summed E-state index contributed by atoms with van der Waals surface area (Å²) in [5, 5.41) is 0.968. The Morgan fingerprint density at radius 1 is 1.23 bits per heavy atom. The second kappa shape index (κ2) is 6.45. The monoisotopic (exact) mass is 415 g/mol. The third-order valence-corrected chi connectivity index (χ3v) is 6.33. The van der Waals surface area contributed by atoms with Crippen molar-refractivity contribution in [1.82, 2.24) is 19.9 Å². The van der Waals surface area contributed by atoms with E-state index in [1.54, 1.807) is 4.90 Å². The van der Waals surface area contributed by atoms with Crippen molar-refractivity contribution in [1.29, 1.82) is 0 Å². The molecule has 1 N–H and O–H groups in total. The lowest BCUT2D eigenvalue weighted by Crippen LogP contribution is -2.67. The molecule has 156 valence electrons. The van der Waals surface area contributed by atoms with Crippen LogP contribution in [0.25, 0.3) is 11.0 Å². The molecular formula is C21H20F3N5O. The highest BCUT2D eigenvalue weighted by molar-refractivity contribution is 5.95. The number of H-pyrrole nitrogens is 1. The molecule has 1 aliphatic carbocycles. The van der Waals surface area contributed by atoms with Crippen LogP contribution in [-0.4, -0.2) is 51.9 Å². The molecule has 1 saturated heterocycles. The number of alkyl halides is 3. The van der Waals surface area contributed by atoms with Crippen molar-refractivity contribution < 1.29 is 18.0 Å². The highest BCUT2D eigenvalue weighted by atomic mass is 19.4. The Hall–Kier alpha value is -3.10. The molecule has 1 saturated carbocycles. The van der Waals surface area contributed by atoms with E-state index in [4.69, 9.17) is 0 Å². The lowest BCUT2D eigenvalue weighted by molar-refractivity contribution is -0.137. The molecule has 2 aromatic heterocycles. The number of rotatable bonds is 3. The normalized spacial score (nSPS) is 18.3. The van der Waals surface area contributed by atoms with Crippen LogP contribution < -0.4 is 4.90 Å². The van der Waals surface area contributed by atoms with Gasteiger partial charge in [0.1, 0.15) is 17.8 Å². The summed E-state index contributed by atoms with van der Waals surface area (Å²) in [5.74, 6) is 0.533. The standard InChI is InChI=1S/C21H20F3N5O/c1-28(18-16-5-6-25-17(16)26-12-27-18)15-8-20(9-15)10-29(11-20)19(30)13-3-2-4-14(7-13)21(22,23)24/h2-7,12,15H,8-11H2,1H3,(H,25,26,27). The van der Waals surface area contributed by atoms with Crippen LogP contribution in [-0.2, 0) is 6.18 Å². The highest BCUT2D eigenvalue weighted by Gasteiger charge is 2.55. The van der Waals surface area contributed by atoms with Crippen LogP contribution in [0.15, 0.2) is 42.9 Å². The van der Waals surface area contributed by atoms with E-state index < -0.39 is 11.7 Å². The molecule has 1 aliphatic heterocycles. The molecule has 0 radical (unpaired) electrons. The Bertz CT molecular complexity index is 1110. The SMILES string of the molecule is CN(c1ncnc2[nH]ccc12)C1CC2(C1)CN(C(=O)c1cccc(C(F)(F)F)c1)C2. The number of halogens is 3. The quantitative estimate of drug-likeness (QED) is 0.708. The Labute approximate surface area is 170 Å². The first-order valence-electron chi connectivity index (χ1n) is 9.73. The molecule has 1 aromatic carbocycles. The van der Waals surface area contributed by atoms with Gasteiger partial charge in [0.25, 0.3) is 5.91 Å². The zero-order valence-corrected chi connectivity index (χ0v) is 16.3. The van der Waals surface area contributed by atoms with E-state index in [2.05, 4.69) is 19.9 Å². The number of benzene rings is 1. The fraction of sp³-hybridized carbons (Fsp3) is 0.381. The van der Waals surface area contributed by atoms with E-state index in [1.807, 2.05) is 19.3 Å². The summed E-state index contributed by atoms with van der Waals surface area (Å²) in [6.45, 7) is 1.16. The van der Waals surface area contributed by atoms with E-state index in [0.29, 0.717) is 19.1 Å². The smallest absolute Gasteiger partial charge is 0.356 e. The predicted molar refractivity (Wildman–Crippen MR) is 105 cm³/mol. The minimum absolute atomic E-state index is 0.0561. The number of nitrogens with zero attached hydrogens (tertiary/aromatic N) is 4. The van der Waals surface area contributed by atoms with Crippen molar-refractivity contribution >= 4 is 22.8 Å². The first kappa shape index (κ1) is 18.9. The Kier molecular flexibility index (Phi) is 4.06. The number of nitrogens with one attached hydrogen (secondary N) is 1. The second-order valence-corrected chi connectivity index (χ2v) is 8.35. The van der Waals surface area contributed by atoms with Crippen LogP contribution in [0, 0.1) is 5.41 Å². The average molecular weight is 415 g/mol. The van der Waals surface area contributed by atoms with Crippen molar-refractivity contribution in [2.24, 2.45) is 5.41 Å². The average Bonchev–Trinajstić information content (AvgIpc) is 3.13. The van der Waals surface area contributed by atoms with Crippen molar-refractivity contribution in [3.8, 4) is 0 Å². The minimum atomic E-state index is -4.45. The molecule has 3 heterocycles. The molecule has 1 amide bonds. The van der Waals surface area contributed by atoms with Gasteiger partial charge in [0.05, 0.1) is 10.9 Å². The molecule has 2 aliphatic rings. The number of amides is 1. The maximum atomic E-state index is 12.9. The number of aromatic amines is 1. The molecule has 2 fully saturated rings. The molecule has 9 heteroatoms. The number of hydrogen-bond acceptors (Lipinski definition) is 4. The third-order valence-electron chi connectivity index (χ3n) is 6.33. The van der Waals surface area contributed by atoms with Crippen molar-refractivity contribution in [2.45, 2.75) is 25.1 Å². The predicted octanol–water partition coefficient (Wildman–Crippen LogP) is 3.72. The summed E-state index contributed by atoms with van der Waals surface area (Å²) in [6, 6.07) is 6.90. The fourth-order valence-electron chi connectivity index (χ4n) is 4.70. The number of hydrogen-bond donors (Lipinski definition) is 1. The molecule has 5 rings (SSSR count). The Morgan fingerprint density at radius 2 is 2.00 bits per heavy atom. The van der Waals surface area contributed by atoms with Gasteiger partial charge in [0, 0.05) is 43.4 Å². The van der Waals surface area contributed by atoms with Gasteiger partial charge in [-0.1, -0.05) is 6.07 Å². The number of likely N-dealkylation sites (tertiary alicyclic amines) is 1. The number of anilines is 1. The Morgan fingerprint density at radius 3 is 2.73 bits per heavy atom. The number of carbonyl (C=O) groups excluding carboxylic acids is 1. The molecule has 0 atom stereocenters. The fourth-order valence-corrected chi connectivity index (χ4v) is 4.70. The molecule has 3 aromatic rings. The summed E-state index contributed by atoms with van der Waals surface area (Å²) < 4.78 is 38.7. The third kappa shape index (κ3) is 3.00. The highest BCUT2D eigenvalue weighted by Crippen LogP contribution is 2.51. The van der Waals surface area contributed by atoms with Crippen molar-refractivity contribution in [2.75, 3.05) is 25.0 Å². The van der Waals surface area contributed by atoms with Gasteiger partial charge in [0.2, 0.25) is 0 Å². The summed E-state index contributed by atoms with van der Waals surface area (Å²) in [5.41, 5.74) is 0.140. The van der Waals surface area contributed by atoms with Gasteiger partial charge >= 0.3 is 6.18 Å². The topological polar surface area (TPSA) is 65.1 Å². The Balaban J connectivity index is 1.22. The largest absolute Gasteiger partial charge is 0.416 e. The lowest BCUT2D eigenvalue weighted by Gasteiger charge is -2.60. The molecule has 0 unspecified atom stereocenters. The minimum Gasteiger partial charge on any atom is -0.356 e. The van der Waals surface area contributed by atoms with Gasteiger partial charge < -0.3 is 14.8 Å². The van der Waals surface area contributed by atoms with Gasteiger partial charge in [-0.15, -0.1) is 0 Å². The molecule has 0 bridgehead atoms. The number of carbonyl (C=O) groups is 1. The summed E-state index contributed by atoms with van der Waals surface area (Å²) in [6.07, 6.45) is 0.766. The van der Waals surface area contributed by atoms with Crippen molar-refractivity contribution in [3.05, 3.63) is 54.0 Å². The van der Waals surface area contributed by atoms with E-state index in [0.717, 1.165) is 41.8 Å². The van der Waals surface area contributed by atoms with Crippen LogP contribution in [0.4, 0.5) is 19.0 Å². The summed E-state index contributed by atoms with van der Waals surface area (Å²) in [4.78, 5) is 28.1. The van der Waals surface area contributed by atoms with Gasteiger partial charge in [-0.3, -0.25) is 4.79 Å². The van der Waals surface area contributed by atoms with E-state index in [-0.39, 0.29) is 16.9 Å². The van der Waals surface area contributed by atoms with Crippen molar-refractivity contribution in [3.63, 3.8) is 0 Å². The van der Waals surface area contributed by atoms with Crippen LogP contribution in [0.3, 0.4) is 0 Å². The molecular weight excluding hydrogens is 395 g/mol. The number of fused-ring (bicyclic) bond motifs is 1. The zero-order valence-electron chi connectivity index (χ0n) is 16.3. The maximum Gasteiger partial charge on any atom is 0.416 e. The van der Waals surface area contributed by atoms with Crippen LogP contribution >= 0.6 is 0 Å². The van der Waals surface area contributed by atoms with Crippen LogP contribution in [0.2, 0.25) is 0 Å². The molecule has 1 spiro atoms. The van der Waals surface area contributed by atoms with E-state index in [1.165, 1.54) is 18.5 Å². The van der Waals surface area contributed by atoms with Gasteiger partial charge in [-0.25, -0.2) is 9.97 Å². The first-order chi connectivity index (χ1) is 14.3. The van der Waals surface area contributed by atoms with Crippen LogP contribution in [0.5, 0.6) is 0 Å². The maximum absolute atomic E-state index is 12.9. The van der Waals surface area contributed by atoms with E-state index >= 15 is 0 Å². The second-order valence-electron chi connectivity index (χ2n) is 8.35. The summed E-state index contributed by atoms with van der Waals surface area (Å²) in [7, 11) is 2.01. The zero-order chi connectivity index (χ0) is 21.1. The van der Waals surface area contributed by atoms with Gasteiger partial charge in [-0.2, -0.15) is 13.2 Å². The molecule has 30 heavy (non-hydrogen) atoms.